The second-order valence-electron chi connectivity index (χ2n) is 13.4. The van der Waals surface area contributed by atoms with E-state index in [1.165, 1.54) is 57.8 Å². The summed E-state index contributed by atoms with van der Waals surface area (Å²) >= 11 is 0. The molecule has 5 aliphatic rings. The highest BCUT2D eigenvalue weighted by molar-refractivity contribution is 5.30. The van der Waals surface area contributed by atoms with E-state index in [9.17, 15) is 10.2 Å². The second-order valence-corrected chi connectivity index (χ2v) is 13.4. The van der Waals surface area contributed by atoms with Gasteiger partial charge in [0.25, 0.3) is 0 Å². The molecule has 2 N–H and O–H groups in total. The van der Waals surface area contributed by atoms with E-state index in [-0.39, 0.29) is 11.5 Å². The first kappa shape index (κ1) is 20.8. The van der Waals surface area contributed by atoms with Crippen molar-refractivity contribution in [3.63, 3.8) is 0 Å². The van der Waals surface area contributed by atoms with E-state index in [2.05, 4.69) is 34.6 Å². The van der Waals surface area contributed by atoms with Crippen molar-refractivity contribution in [3.8, 4) is 0 Å². The summed E-state index contributed by atoms with van der Waals surface area (Å²) in [5.41, 5.74) is 2.25. The van der Waals surface area contributed by atoms with Crippen molar-refractivity contribution < 1.29 is 10.2 Å². The fraction of sp³-hybridized carbons (Fsp3) is 1.00. The lowest BCUT2D eigenvalue weighted by atomic mass is 9.41. The van der Waals surface area contributed by atoms with Crippen LogP contribution in [-0.2, 0) is 0 Å². The Morgan fingerprint density at radius 3 is 2.24 bits per heavy atom. The maximum absolute atomic E-state index is 10.8. The van der Waals surface area contributed by atoms with Crippen LogP contribution in [0.3, 0.4) is 0 Å². The Morgan fingerprint density at radius 2 is 1.52 bits per heavy atom. The number of aliphatic hydroxyl groups excluding tert-OH is 2. The van der Waals surface area contributed by atoms with Crippen LogP contribution in [0.5, 0.6) is 0 Å². The summed E-state index contributed by atoms with van der Waals surface area (Å²) in [7, 11) is 0. The van der Waals surface area contributed by atoms with E-state index in [0.29, 0.717) is 28.3 Å². The van der Waals surface area contributed by atoms with Gasteiger partial charge in [-0.15, -0.1) is 0 Å². The van der Waals surface area contributed by atoms with Crippen LogP contribution in [0.2, 0.25) is 0 Å². The van der Waals surface area contributed by atoms with Gasteiger partial charge in [-0.25, -0.2) is 0 Å². The predicted octanol–water partition coefficient (Wildman–Crippen LogP) is 6.20. The van der Waals surface area contributed by atoms with E-state index in [1.54, 1.807) is 0 Å². The zero-order valence-electron chi connectivity index (χ0n) is 19.8. The third-order valence-corrected chi connectivity index (χ3v) is 12.7. The Morgan fingerprint density at radius 1 is 0.828 bits per heavy atom. The summed E-state index contributed by atoms with van der Waals surface area (Å²) < 4.78 is 0. The molecule has 166 valence electrons. The average molecular weight is 403 g/mol. The lowest BCUT2D eigenvalue weighted by Gasteiger charge is -2.63. The highest BCUT2D eigenvalue weighted by Crippen LogP contribution is 2.89. The van der Waals surface area contributed by atoms with Gasteiger partial charge >= 0.3 is 0 Å². The number of rotatable bonds is 4. The quantitative estimate of drug-likeness (QED) is 0.588. The minimum atomic E-state index is -0.0972. The van der Waals surface area contributed by atoms with Gasteiger partial charge in [-0.05, 0) is 121 Å². The van der Waals surface area contributed by atoms with E-state index >= 15 is 0 Å². The number of hydrogen-bond acceptors (Lipinski definition) is 2. The van der Waals surface area contributed by atoms with Gasteiger partial charge in [-0.3, -0.25) is 0 Å². The molecule has 2 heteroatoms. The summed E-state index contributed by atoms with van der Waals surface area (Å²) in [6.07, 6.45) is 14.3. The van der Waals surface area contributed by atoms with Crippen LogP contribution in [0.25, 0.3) is 0 Å². The van der Waals surface area contributed by atoms with Gasteiger partial charge in [0.2, 0.25) is 0 Å². The first-order valence-corrected chi connectivity index (χ1v) is 12.9. The molecule has 0 aromatic rings. The van der Waals surface area contributed by atoms with Gasteiger partial charge in [0.15, 0.2) is 0 Å². The molecule has 2 nitrogen and oxygen atoms in total. The molecule has 0 saturated heterocycles. The molecular formula is C27H46O2. The second kappa shape index (κ2) is 6.25. The third-order valence-electron chi connectivity index (χ3n) is 12.7. The molecule has 2 spiro atoms. The van der Waals surface area contributed by atoms with Gasteiger partial charge in [0.1, 0.15) is 0 Å². The summed E-state index contributed by atoms with van der Waals surface area (Å²) in [4.78, 5) is 0. The molecule has 9 unspecified atom stereocenters. The summed E-state index contributed by atoms with van der Waals surface area (Å²) in [5.74, 6) is 3.24. The van der Waals surface area contributed by atoms with Crippen molar-refractivity contribution >= 4 is 0 Å². The van der Waals surface area contributed by atoms with Crippen LogP contribution in [0.1, 0.15) is 105 Å². The van der Waals surface area contributed by atoms with E-state index in [4.69, 9.17) is 0 Å². The first-order chi connectivity index (χ1) is 13.6. The van der Waals surface area contributed by atoms with E-state index < -0.39 is 0 Å². The number of hydrogen-bond donors (Lipinski definition) is 2. The summed E-state index contributed by atoms with van der Waals surface area (Å²) in [6.45, 7) is 12.9. The fourth-order valence-corrected chi connectivity index (χ4v) is 10.9. The highest BCUT2D eigenvalue weighted by Gasteiger charge is 2.82. The Bertz CT molecular complexity index is 671. The first-order valence-electron chi connectivity index (χ1n) is 12.9. The van der Waals surface area contributed by atoms with Gasteiger partial charge in [0, 0.05) is 6.61 Å². The number of aliphatic hydroxyl groups is 2. The van der Waals surface area contributed by atoms with Crippen molar-refractivity contribution in [2.75, 3.05) is 6.61 Å². The highest BCUT2D eigenvalue weighted by atomic mass is 16.3. The van der Waals surface area contributed by atoms with Crippen LogP contribution in [0.15, 0.2) is 0 Å². The zero-order chi connectivity index (χ0) is 20.9. The Hall–Kier alpha value is -0.0800. The molecule has 0 heterocycles. The van der Waals surface area contributed by atoms with Crippen LogP contribution in [0, 0.1) is 50.7 Å². The Kier molecular flexibility index (Phi) is 4.48. The molecule has 29 heavy (non-hydrogen) atoms. The molecule has 5 rings (SSSR count). The van der Waals surface area contributed by atoms with Gasteiger partial charge in [-0.2, -0.15) is 0 Å². The van der Waals surface area contributed by atoms with Crippen molar-refractivity contribution in [1.29, 1.82) is 0 Å². The molecule has 0 aromatic carbocycles. The van der Waals surface area contributed by atoms with Crippen molar-refractivity contribution in [1.82, 2.24) is 0 Å². The SMILES string of the molecule is CC(CCCO)C1CCC2(C)C3CCC4C(C)(C)C(O)CCC45CC35CCC12C. The topological polar surface area (TPSA) is 40.5 Å². The van der Waals surface area contributed by atoms with Gasteiger partial charge in [0.05, 0.1) is 6.10 Å². The smallest absolute Gasteiger partial charge is 0.0594 e. The molecule has 0 aliphatic heterocycles. The molecule has 5 fully saturated rings. The molecule has 0 amide bonds. The Labute approximate surface area is 179 Å². The van der Waals surface area contributed by atoms with Crippen molar-refractivity contribution in [2.45, 2.75) is 111 Å². The molecular weight excluding hydrogens is 356 g/mol. The minimum absolute atomic E-state index is 0.0972. The normalized spacial score (nSPS) is 56.0. The maximum Gasteiger partial charge on any atom is 0.0594 e. The summed E-state index contributed by atoms with van der Waals surface area (Å²) in [5, 5.41) is 20.1. The Balaban J connectivity index is 1.45. The molecule has 0 radical (unpaired) electrons. The van der Waals surface area contributed by atoms with Gasteiger partial charge < -0.3 is 10.2 Å². The molecule has 0 bridgehead atoms. The molecule has 0 aromatic heterocycles. The molecule has 5 aliphatic carbocycles. The van der Waals surface area contributed by atoms with Crippen LogP contribution in [-0.4, -0.2) is 22.9 Å². The largest absolute Gasteiger partial charge is 0.396 e. The van der Waals surface area contributed by atoms with Crippen LogP contribution >= 0.6 is 0 Å². The van der Waals surface area contributed by atoms with E-state index in [0.717, 1.165) is 36.5 Å². The maximum atomic E-state index is 10.8. The van der Waals surface area contributed by atoms with Crippen LogP contribution < -0.4 is 0 Å². The summed E-state index contributed by atoms with van der Waals surface area (Å²) in [6, 6.07) is 0. The van der Waals surface area contributed by atoms with Crippen molar-refractivity contribution in [2.24, 2.45) is 50.7 Å². The monoisotopic (exact) mass is 402 g/mol. The minimum Gasteiger partial charge on any atom is -0.396 e. The van der Waals surface area contributed by atoms with E-state index in [1.807, 2.05) is 0 Å². The fourth-order valence-electron chi connectivity index (χ4n) is 10.9. The number of fused-ring (bicyclic) bond motifs is 2. The standard InChI is InChI=1S/C27H46O2/c1-18(7-6-16-28)19-10-12-25(5)21-9-8-20-23(2,3)22(29)11-13-26(20)17-27(21,26)15-14-24(19,25)4/h18-22,28-29H,6-17H2,1-5H3. The van der Waals surface area contributed by atoms with Crippen LogP contribution in [0.4, 0.5) is 0 Å². The third kappa shape index (κ3) is 2.32. The average Bonchev–Trinajstić information content (AvgIpc) is 3.26. The van der Waals surface area contributed by atoms with Crippen molar-refractivity contribution in [3.05, 3.63) is 0 Å². The lowest BCUT2D eigenvalue weighted by Crippen LogP contribution is -2.57. The lowest BCUT2D eigenvalue weighted by molar-refractivity contribution is -0.161. The zero-order valence-corrected chi connectivity index (χ0v) is 19.8. The van der Waals surface area contributed by atoms with Gasteiger partial charge in [-0.1, -0.05) is 34.6 Å². The predicted molar refractivity (Wildman–Crippen MR) is 118 cm³/mol. The molecule has 5 saturated carbocycles. The molecule has 9 atom stereocenters.